The minimum absolute atomic E-state index is 0.150. The van der Waals surface area contributed by atoms with Crippen molar-refractivity contribution in [3.05, 3.63) is 18.1 Å². The Morgan fingerprint density at radius 2 is 2.00 bits per heavy atom. The minimum atomic E-state index is 0.150. The number of nitrogens with two attached hydrogens (primary N) is 1. The van der Waals surface area contributed by atoms with E-state index in [9.17, 15) is 5.11 Å². The molecule has 5 nitrogen and oxygen atoms in total. The van der Waals surface area contributed by atoms with E-state index in [1.165, 1.54) is 32.1 Å². The molecule has 1 aliphatic rings. The van der Waals surface area contributed by atoms with Gasteiger partial charge in [0, 0.05) is 19.1 Å². The molecule has 18 heavy (non-hydrogen) atoms. The van der Waals surface area contributed by atoms with Gasteiger partial charge in [0.1, 0.15) is 5.82 Å². The fourth-order valence-electron chi connectivity index (χ4n) is 2.59. The van der Waals surface area contributed by atoms with E-state index in [0.717, 1.165) is 11.5 Å². The summed E-state index contributed by atoms with van der Waals surface area (Å²) in [7, 11) is 0. The molecule has 1 heterocycles. The third-order valence-electron chi connectivity index (χ3n) is 3.55. The van der Waals surface area contributed by atoms with Crippen LogP contribution in [0.2, 0.25) is 0 Å². The number of hydrogen-bond acceptors (Lipinski definition) is 5. The molecule has 2 rings (SSSR count). The van der Waals surface area contributed by atoms with Crippen molar-refractivity contribution in [3.8, 4) is 0 Å². The normalized spacial score (nSPS) is 16.8. The number of nitrogens with zero attached hydrogens (tertiary/aromatic N) is 3. The van der Waals surface area contributed by atoms with Gasteiger partial charge in [-0.05, 0) is 12.8 Å². The van der Waals surface area contributed by atoms with Gasteiger partial charge >= 0.3 is 0 Å². The Balaban J connectivity index is 2.11. The number of aliphatic hydroxyl groups is 1. The number of aromatic nitrogens is 2. The average molecular weight is 250 g/mol. The largest absolute Gasteiger partial charge is 0.395 e. The fourth-order valence-corrected chi connectivity index (χ4v) is 2.59. The van der Waals surface area contributed by atoms with Gasteiger partial charge in [-0.2, -0.15) is 0 Å². The lowest BCUT2D eigenvalue weighted by molar-refractivity contribution is 0.289. The highest BCUT2D eigenvalue weighted by Crippen LogP contribution is 2.25. The van der Waals surface area contributed by atoms with Gasteiger partial charge < -0.3 is 15.7 Å². The molecule has 0 atom stereocenters. The quantitative estimate of drug-likeness (QED) is 0.817. The van der Waals surface area contributed by atoms with Crippen LogP contribution in [0.25, 0.3) is 0 Å². The van der Waals surface area contributed by atoms with Gasteiger partial charge in [-0.25, -0.2) is 4.98 Å². The molecule has 0 radical (unpaired) electrons. The predicted octanol–water partition coefficient (Wildman–Crippen LogP) is 1.07. The van der Waals surface area contributed by atoms with Gasteiger partial charge in [-0.3, -0.25) is 4.98 Å². The van der Waals surface area contributed by atoms with Crippen molar-refractivity contribution in [2.24, 2.45) is 5.73 Å². The molecule has 1 aromatic rings. The minimum Gasteiger partial charge on any atom is -0.395 e. The predicted molar refractivity (Wildman–Crippen MR) is 71.2 cm³/mol. The van der Waals surface area contributed by atoms with Crippen LogP contribution in [0.5, 0.6) is 0 Å². The van der Waals surface area contributed by atoms with Gasteiger partial charge in [-0.15, -0.1) is 0 Å². The summed E-state index contributed by atoms with van der Waals surface area (Å²) in [6, 6.07) is 0.490. The summed E-state index contributed by atoms with van der Waals surface area (Å²) in [4.78, 5) is 10.9. The van der Waals surface area contributed by atoms with Crippen molar-refractivity contribution in [2.45, 2.75) is 44.7 Å². The van der Waals surface area contributed by atoms with Crippen LogP contribution in [0.15, 0.2) is 12.4 Å². The molecule has 1 aromatic heterocycles. The van der Waals surface area contributed by atoms with Gasteiger partial charge in [0.25, 0.3) is 0 Å². The van der Waals surface area contributed by atoms with Gasteiger partial charge in [0.05, 0.1) is 24.7 Å². The smallest absolute Gasteiger partial charge is 0.147 e. The summed E-state index contributed by atoms with van der Waals surface area (Å²) in [5, 5.41) is 9.22. The lowest BCUT2D eigenvalue weighted by Crippen LogP contribution is -2.39. The third kappa shape index (κ3) is 3.17. The summed E-state index contributed by atoms with van der Waals surface area (Å²) in [5.74, 6) is 0.855. The zero-order valence-corrected chi connectivity index (χ0v) is 10.8. The first-order valence-corrected chi connectivity index (χ1v) is 6.73. The lowest BCUT2D eigenvalue weighted by atomic mass is 9.94. The Morgan fingerprint density at radius 1 is 1.22 bits per heavy atom. The molecule has 1 saturated carbocycles. The van der Waals surface area contributed by atoms with Crippen LogP contribution < -0.4 is 10.6 Å². The maximum Gasteiger partial charge on any atom is 0.147 e. The number of rotatable bonds is 5. The molecule has 0 saturated heterocycles. The molecule has 0 bridgehead atoms. The molecule has 0 spiro atoms. The standard InChI is InChI=1S/C13H22N4O/c14-8-11-9-16-13(10-15-11)17(6-7-18)12-4-2-1-3-5-12/h9-10,12,18H,1-8,14H2. The molecule has 5 heteroatoms. The fraction of sp³-hybridized carbons (Fsp3) is 0.692. The molecule has 3 N–H and O–H groups in total. The Labute approximate surface area is 108 Å². The van der Waals surface area contributed by atoms with E-state index in [1.54, 1.807) is 12.4 Å². The number of aliphatic hydroxyl groups excluding tert-OH is 1. The van der Waals surface area contributed by atoms with Crippen molar-refractivity contribution in [3.63, 3.8) is 0 Å². The van der Waals surface area contributed by atoms with Crippen LogP contribution in [0.4, 0.5) is 5.82 Å². The summed E-state index contributed by atoms with van der Waals surface area (Å²) < 4.78 is 0. The second kappa shape index (κ2) is 6.66. The monoisotopic (exact) mass is 250 g/mol. The first-order valence-electron chi connectivity index (χ1n) is 6.73. The first-order chi connectivity index (χ1) is 8.85. The van der Waals surface area contributed by atoms with Gasteiger partial charge in [-0.1, -0.05) is 19.3 Å². The highest BCUT2D eigenvalue weighted by Gasteiger charge is 2.22. The number of anilines is 1. The summed E-state index contributed by atoms with van der Waals surface area (Å²) in [6.07, 6.45) is 9.71. The van der Waals surface area contributed by atoms with Crippen LogP contribution in [0.1, 0.15) is 37.8 Å². The number of hydrogen-bond donors (Lipinski definition) is 2. The van der Waals surface area contributed by atoms with Crippen LogP contribution in [0, 0.1) is 0 Å². The lowest BCUT2D eigenvalue weighted by Gasteiger charge is -2.34. The Morgan fingerprint density at radius 3 is 2.56 bits per heavy atom. The van der Waals surface area contributed by atoms with E-state index in [4.69, 9.17) is 5.73 Å². The third-order valence-corrected chi connectivity index (χ3v) is 3.55. The summed E-state index contributed by atoms with van der Waals surface area (Å²) >= 11 is 0. The van der Waals surface area contributed by atoms with Crippen molar-refractivity contribution >= 4 is 5.82 Å². The second-order valence-corrected chi connectivity index (χ2v) is 4.78. The summed E-state index contributed by atoms with van der Waals surface area (Å²) in [6.45, 7) is 1.19. The van der Waals surface area contributed by atoms with Crippen molar-refractivity contribution in [1.29, 1.82) is 0 Å². The summed E-state index contributed by atoms with van der Waals surface area (Å²) in [5.41, 5.74) is 6.32. The molecule has 1 fully saturated rings. The van der Waals surface area contributed by atoms with Crippen LogP contribution >= 0.6 is 0 Å². The van der Waals surface area contributed by atoms with E-state index in [1.807, 2.05) is 0 Å². The zero-order valence-electron chi connectivity index (χ0n) is 10.8. The van der Waals surface area contributed by atoms with Crippen molar-refractivity contribution < 1.29 is 5.11 Å². The van der Waals surface area contributed by atoms with E-state index in [0.29, 0.717) is 19.1 Å². The van der Waals surface area contributed by atoms with E-state index < -0.39 is 0 Å². The van der Waals surface area contributed by atoms with Crippen molar-refractivity contribution in [1.82, 2.24) is 9.97 Å². The highest BCUT2D eigenvalue weighted by atomic mass is 16.3. The van der Waals surface area contributed by atoms with E-state index in [2.05, 4.69) is 14.9 Å². The van der Waals surface area contributed by atoms with Crippen LogP contribution in [0.3, 0.4) is 0 Å². The molecule has 0 amide bonds. The topological polar surface area (TPSA) is 75.3 Å². The van der Waals surface area contributed by atoms with E-state index in [-0.39, 0.29) is 6.61 Å². The molecular formula is C13H22N4O. The molecule has 0 unspecified atom stereocenters. The molecule has 0 aliphatic heterocycles. The Hall–Kier alpha value is -1.20. The average Bonchev–Trinajstić information content (AvgIpc) is 2.46. The molecular weight excluding hydrogens is 228 g/mol. The van der Waals surface area contributed by atoms with Crippen LogP contribution in [-0.4, -0.2) is 34.3 Å². The van der Waals surface area contributed by atoms with E-state index >= 15 is 0 Å². The Bertz CT molecular complexity index is 349. The molecule has 1 aliphatic carbocycles. The Kier molecular flexibility index (Phi) is 4.90. The second-order valence-electron chi connectivity index (χ2n) is 4.78. The van der Waals surface area contributed by atoms with Crippen molar-refractivity contribution in [2.75, 3.05) is 18.1 Å². The zero-order chi connectivity index (χ0) is 12.8. The molecule has 0 aromatic carbocycles. The maximum atomic E-state index is 9.22. The van der Waals surface area contributed by atoms with Gasteiger partial charge in [0.2, 0.25) is 0 Å². The van der Waals surface area contributed by atoms with Crippen LogP contribution in [-0.2, 0) is 6.54 Å². The maximum absolute atomic E-state index is 9.22. The van der Waals surface area contributed by atoms with Gasteiger partial charge in [0.15, 0.2) is 0 Å². The first kappa shape index (κ1) is 13.2. The SMILES string of the molecule is NCc1cnc(N(CCO)C2CCCCC2)cn1. The molecule has 100 valence electrons. The highest BCUT2D eigenvalue weighted by molar-refractivity contribution is 5.37.